The summed E-state index contributed by atoms with van der Waals surface area (Å²) in [5.74, 6) is 10.0. The monoisotopic (exact) mass is 288 g/mol. The van der Waals surface area contributed by atoms with E-state index in [4.69, 9.17) is 16.3 Å². The first-order valence-corrected chi connectivity index (χ1v) is 8.08. The molecule has 1 aromatic rings. The Labute approximate surface area is 126 Å². The second-order valence-electron chi connectivity index (χ2n) is 6.16. The first kappa shape index (κ1) is 13.8. The lowest BCUT2D eigenvalue weighted by atomic mass is 9.89. The first-order chi connectivity index (χ1) is 9.76. The van der Waals surface area contributed by atoms with E-state index in [1.807, 2.05) is 12.1 Å². The normalized spacial score (nSPS) is 27.2. The van der Waals surface area contributed by atoms with Gasteiger partial charge in [0.1, 0.15) is 5.75 Å². The van der Waals surface area contributed by atoms with Crippen LogP contribution in [0.4, 0.5) is 0 Å². The smallest absolute Gasteiger partial charge is 0.119 e. The molecule has 0 saturated heterocycles. The number of fused-ring (bicyclic) bond motifs is 2. The Morgan fingerprint density at radius 1 is 1.30 bits per heavy atom. The molecule has 0 radical (unpaired) electrons. The lowest BCUT2D eigenvalue weighted by Crippen LogP contribution is -2.18. The molecule has 1 nitrogen and oxygen atoms in total. The molecule has 2 heteroatoms. The molecule has 0 N–H and O–H groups in total. The Hall–Kier alpha value is -1.13. The summed E-state index contributed by atoms with van der Waals surface area (Å²) in [5.41, 5.74) is 2.20. The third kappa shape index (κ3) is 2.96. The summed E-state index contributed by atoms with van der Waals surface area (Å²) < 4.78 is 6.01. The Morgan fingerprint density at radius 3 is 2.85 bits per heavy atom. The largest absolute Gasteiger partial charge is 0.493 e. The van der Waals surface area contributed by atoms with Crippen molar-refractivity contribution in [3.05, 3.63) is 29.3 Å². The predicted octanol–water partition coefficient (Wildman–Crippen LogP) is 4.40. The standard InChI is InChI=1S/C18H21ClO/c1-13-9-18(7-6-15(13)3-2-8-19)20-12-17-11-14-4-5-16(17)10-14/h6-7,9,14,16-17H,4-5,8,10-12H2,1H3. The van der Waals surface area contributed by atoms with E-state index >= 15 is 0 Å². The second kappa shape index (κ2) is 6.10. The van der Waals surface area contributed by atoms with Gasteiger partial charge in [-0.3, -0.25) is 0 Å². The number of hydrogen-bond donors (Lipinski definition) is 0. The van der Waals surface area contributed by atoms with Crippen LogP contribution in [0.1, 0.15) is 36.8 Å². The maximum absolute atomic E-state index is 6.01. The number of rotatable bonds is 3. The summed E-state index contributed by atoms with van der Waals surface area (Å²) in [6, 6.07) is 6.15. The maximum atomic E-state index is 6.01. The zero-order valence-corrected chi connectivity index (χ0v) is 12.7. The van der Waals surface area contributed by atoms with E-state index in [1.165, 1.54) is 25.7 Å². The van der Waals surface area contributed by atoms with Crippen LogP contribution in [-0.4, -0.2) is 12.5 Å². The lowest BCUT2D eigenvalue weighted by Gasteiger charge is -2.21. The summed E-state index contributed by atoms with van der Waals surface area (Å²) in [6.45, 7) is 2.95. The lowest BCUT2D eigenvalue weighted by molar-refractivity contribution is 0.195. The van der Waals surface area contributed by atoms with Crippen LogP contribution in [0.25, 0.3) is 0 Å². The quantitative estimate of drug-likeness (QED) is 0.592. The van der Waals surface area contributed by atoms with Gasteiger partial charge in [0, 0.05) is 5.56 Å². The highest BCUT2D eigenvalue weighted by atomic mass is 35.5. The molecule has 0 aliphatic heterocycles. The van der Waals surface area contributed by atoms with Crippen LogP contribution >= 0.6 is 11.6 Å². The van der Waals surface area contributed by atoms with E-state index < -0.39 is 0 Å². The maximum Gasteiger partial charge on any atom is 0.119 e. The van der Waals surface area contributed by atoms with Gasteiger partial charge < -0.3 is 4.74 Å². The zero-order chi connectivity index (χ0) is 13.9. The summed E-state index contributed by atoms with van der Waals surface area (Å²) in [7, 11) is 0. The fourth-order valence-corrected chi connectivity index (χ4v) is 3.85. The van der Waals surface area contributed by atoms with Gasteiger partial charge in [0.05, 0.1) is 12.5 Å². The fourth-order valence-electron chi connectivity index (χ4n) is 3.78. The number of halogens is 1. The minimum Gasteiger partial charge on any atom is -0.493 e. The molecule has 0 aromatic heterocycles. The first-order valence-electron chi connectivity index (χ1n) is 7.54. The molecule has 0 heterocycles. The SMILES string of the molecule is Cc1cc(OCC2CC3CCC2C3)ccc1C#CCCl. The minimum absolute atomic E-state index is 0.377. The molecule has 0 amide bonds. The van der Waals surface area contributed by atoms with Crippen LogP contribution in [0.2, 0.25) is 0 Å². The average molecular weight is 289 g/mol. The van der Waals surface area contributed by atoms with Crippen molar-refractivity contribution in [3.8, 4) is 17.6 Å². The highest BCUT2D eigenvalue weighted by Crippen LogP contribution is 2.48. The Morgan fingerprint density at radius 2 is 2.20 bits per heavy atom. The summed E-state index contributed by atoms with van der Waals surface area (Å²) >= 11 is 5.59. The van der Waals surface area contributed by atoms with Gasteiger partial charge in [-0.15, -0.1) is 11.6 Å². The molecule has 20 heavy (non-hydrogen) atoms. The van der Waals surface area contributed by atoms with E-state index in [9.17, 15) is 0 Å². The summed E-state index contributed by atoms with van der Waals surface area (Å²) in [6.07, 6.45) is 5.70. The van der Waals surface area contributed by atoms with Gasteiger partial charge in [-0.05, 0) is 67.7 Å². The molecular formula is C18H21ClO. The molecule has 2 saturated carbocycles. The molecule has 3 atom stereocenters. The number of hydrogen-bond acceptors (Lipinski definition) is 1. The summed E-state index contributed by atoms with van der Waals surface area (Å²) in [4.78, 5) is 0. The van der Waals surface area contributed by atoms with Crippen LogP contribution in [0.5, 0.6) is 5.75 Å². The van der Waals surface area contributed by atoms with Crippen molar-refractivity contribution >= 4 is 11.6 Å². The fraction of sp³-hybridized carbons (Fsp3) is 0.556. The van der Waals surface area contributed by atoms with Crippen molar-refractivity contribution < 1.29 is 4.74 Å². The van der Waals surface area contributed by atoms with Gasteiger partial charge in [-0.25, -0.2) is 0 Å². The van der Waals surface area contributed by atoms with Gasteiger partial charge >= 0.3 is 0 Å². The van der Waals surface area contributed by atoms with E-state index in [0.29, 0.717) is 5.88 Å². The van der Waals surface area contributed by atoms with Crippen molar-refractivity contribution in [3.63, 3.8) is 0 Å². The Kier molecular flexibility index (Phi) is 4.22. The van der Waals surface area contributed by atoms with Gasteiger partial charge in [-0.2, -0.15) is 0 Å². The second-order valence-corrected chi connectivity index (χ2v) is 6.43. The van der Waals surface area contributed by atoms with Crippen molar-refractivity contribution in [1.82, 2.24) is 0 Å². The van der Waals surface area contributed by atoms with Gasteiger partial charge in [0.15, 0.2) is 0 Å². The molecule has 2 aliphatic rings. The number of alkyl halides is 1. The van der Waals surface area contributed by atoms with E-state index in [0.717, 1.165) is 41.2 Å². The highest BCUT2D eigenvalue weighted by Gasteiger charge is 2.39. The van der Waals surface area contributed by atoms with Crippen LogP contribution in [-0.2, 0) is 0 Å². The Balaban J connectivity index is 1.59. The topological polar surface area (TPSA) is 9.23 Å². The molecule has 2 aliphatic carbocycles. The van der Waals surface area contributed by atoms with Crippen molar-refractivity contribution in [2.24, 2.45) is 17.8 Å². The van der Waals surface area contributed by atoms with E-state index in [2.05, 4.69) is 24.8 Å². The summed E-state index contributed by atoms with van der Waals surface area (Å²) in [5, 5.41) is 0. The average Bonchev–Trinajstić information content (AvgIpc) is 3.06. The molecule has 2 bridgehead atoms. The minimum atomic E-state index is 0.377. The third-order valence-corrected chi connectivity index (χ3v) is 4.97. The zero-order valence-electron chi connectivity index (χ0n) is 12.0. The van der Waals surface area contributed by atoms with Crippen molar-refractivity contribution in [2.75, 3.05) is 12.5 Å². The molecule has 1 aromatic carbocycles. The van der Waals surface area contributed by atoms with Gasteiger partial charge in [0.25, 0.3) is 0 Å². The van der Waals surface area contributed by atoms with Crippen LogP contribution in [0.3, 0.4) is 0 Å². The van der Waals surface area contributed by atoms with Crippen LogP contribution in [0.15, 0.2) is 18.2 Å². The van der Waals surface area contributed by atoms with E-state index in [-0.39, 0.29) is 0 Å². The highest BCUT2D eigenvalue weighted by molar-refractivity contribution is 6.19. The molecular weight excluding hydrogens is 268 g/mol. The Bertz CT molecular complexity index is 540. The van der Waals surface area contributed by atoms with Crippen molar-refractivity contribution in [2.45, 2.75) is 32.6 Å². The molecule has 3 unspecified atom stereocenters. The van der Waals surface area contributed by atoms with Crippen LogP contribution < -0.4 is 4.74 Å². The van der Waals surface area contributed by atoms with Crippen molar-refractivity contribution in [1.29, 1.82) is 0 Å². The molecule has 106 valence electrons. The predicted molar refractivity (Wildman–Crippen MR) is 83.2 cm³/mol. The van der Waals surface area contributed by atoms with Gasteiger partial charge in [0.2, 0.25) is 0 Å². The third-order valence-electron chi connectivity index (χ3n) is 4.84. The molecule has 2 fully saturated rings. The molecule has 0 spiro atoms. The van der Waals surface area contributed by atoms with E-state index in [1.54, 1.807) is 0 Å². The number of ether oxygens (including phenoxy) is 1. The molecule has 3 rings (SSSR count). The van der Waals surface area contributed by atoms with Gasteiger partial charge in [-0.1, -0.05) is 18.3 Å². The number of benzene rings is 1. The number of aryl methyl sites for hydroxylation is 1. The van der Waals surface area contributed by atoms with Crippen LogP contribution in [0, 0.1) is 36.5 Å².